The first kappa shape index (κ1) is 19.3. The summed E-state index contributed by atoms with van der Waals surface area (Å²) in [5, 5.41) is 5.93. The molecular formula is C23H26N4O2S. The molecule has 1 aliphatic rings. The van der Waals surface area contributed by atoms with Crippen LogP contribution >= 0.6 is 11.3 Å². The molecule has 0 unspecified atom stereocenters. The normalized spacial score (nSPS) is 14.1. The largest absolute Gasteiger partial charge is 0.490 e. The molecule has 0 bridgehead atoms. The minimum atomic E-state index is 0.600. The Morgan fingerprint density at radius 3 is 2.73 bits per heavy atom. The van der Waals surface area contributed by atoms with E-state index in [1.54, 1.807) is 6.33 Å². The van der Waals surface area contributed by atoms with Gasteiger partial charge in [-0.3, -0.25) is 0 Å². The van der Waals surface area contributed by atoms with Crippen molar-refractivity contribution in [1.82, 2.24) is 19.6 Å². The van der Waals surface area contributed by atoms with Crippen molar-refractivity contribution in [2.24, 2.45) is 0 Å². The van der Waals surface area contributed by atoms with E-state index in [0.29, 0.717) is 19.6 Å². The Bertz CT molecular complexity index is 1200. The molecule has 0 fully saturated rings. The molecule has 3 heterocycles. The van der Waals surface area contributed by atoms with Crippen LogP contribution in [0.3, 0.4) is 0 Å². The third kappa shape index (κ3) is 3.51. The van der Waals surface area contributed by atoms with Crippen LogP contribution in [-0.4, -0.2) is 32.8 Å². The van der Waals surface area contributed by atoms with Gasteiger partial charge in [-0.25, -0.2) is 14.5 Å². The van der Waals surface area contributed by atoms with E-state index in [4.69, 9.17) is 19.6 Å². The van der Waals surface area contributed by atoms with Crippen LogP contribution in [0.1, 0.15) is 54.9 Å². The van der Waals surface area contributed by atoms with E-state index >= 15 is 0 Å². The van der Waals surface area contributed by atoms with E-state index in [2.05, 4.69) is 11.1 Å². The van der Waals surface area contributed by atoms with Gasteiger partial charge in [-0.15, -0.1) is 16.4 Å². The van der Waals surface area contributed by atoms with Gasteiger partial charge in [0.2, 0.25) is 0 Å². The molecule has 7 heteroatoms. The second kappa shape index (κ2) is 8.22. The molecule has 0 saturated carbocycles. The lowest BCUT2D eigenvalue weighted by molar-refractivity contribution is 0.287. The maximum atomic E-state index is 5.77. The van der Waals surface area contributed by atoms with Crippen LogP contribution in [0.4, 0.5) is 0 Å². The molecule has 6 nitrogen and oxygen atoms in total. The third-order valence-electron chi connectivity index (χ3n) is 5.56. The first-order valence-electron chi connectivity index (χ1n) is 10.8. The maximum Gasteiger partial charge on any atom is 0.167 e. The van der Waals surface area contributed by atoms with Crippen molar-refractivity contribution in [3.63, 3.8) is 0 Å². The summed E-state index contributed by atoms with van der Waals surface area (Å²) in [6.07, 6.45) is 8.54. The highest BCUT2D eigenvalue weighted by Crippen LogP contribution is 2.36. The van der Waals surface area contributed by atoms with Crippen molar-refractivity contribution in [3.8, 4) is 11.5 Å². The molecule has 5 rings (SSSR count). The fourth-order valence-electron chi connectivity index (χ4n) is 4.24. The van der Waals surface area contributed by atoms with Gasteiger partial charge in [0.25, 0.3) is 0 Å². The average Bonchev–Trinajstić information content (AvgIpc) is 3.22. The van der Waals surface area contributed by atoms with Gasteiger partial charge < -0.3 is 9.47 Å². The van der Waals surface area contributed by atoms with Gasteiger partial charge in [0.1, 0.15) is 11.2 Å². The molecule has 4 aromatic rings. The van der Waals surface area contributed by atoms with Crippen molar-refractivity contribution in [3.05, 3.63) is 46.4 Å². The van der Waals surface area contributed by atoms with Crippen LogP contribution in [0.25, 0.3) is 15.9 Å². The number of hydrogen-bond acceptors (Lipinski definition) is 6. The smallest absolute Gasteiger partial charge is 0.167 e. The minimum Gasteiger partial charge on any atom is -0.490 e. The zero-order chi connectivity index (χ0) is 20.5. The molecule has 3 aromatic heterocycles. The number of fused-ring (bicyclic) bond motifs is 5. The molecule has 0 saturated heterocycles. The fraction of sp³-hybridized carbons (Fsp3) is 0.435. The number of aromatic nitrogens is 4. The van der Waals surface area contributed by atoms with E-state index in [0.717, 1.165) is 46.2 Å². The lowest BCUT2D eigenvalue weighted by Gasteiger charge is -2.11. The second-order valence-electron chi connectivity index (χ2n) is 7.61. The number of benzene rings is 1. The van der Waals surface area contributed by atoms with Crippen molar-refractivity contribution >= 4 is 27.2 Å². The Labute approximate surface area is 179 Å². The predicted octanol–water partition coefficient (Wildman–Crippen LogP) is 5.00. The monoisotopic (exact) mass is 422 g/mol. The Hall–Kier alpha value is -2.67. The summed E-state index contributed by atoms with van der Waals surface area (Å²) in [5.74, 6) is 2.34. The van der Waals surface area contributed by atoms with Crippen LogP contribution in [0.15, 0.2) is 24.5 Å². The average molecular weight is 423 g/mol. The standard InChI is InChI=1S/C23H26N4O2S/c1-3-28-17-11-10-15(12-18(17)29-4-2)13-20-25-22-21-16-8-6-5-7-9-19(16)30-23(21)24-14-27(22)26-20/h10-12,14H,3-9,13H2,1-2H3. The lowest BCUT2D eigenvalue weighted by atomic mass is 10.1. The van der Waals surface area contributed by atoms with Gasteiger partial charge in [-0.2, -0.15) is 0 Å². The lowest BCUT2D eigenvalue weighted by Crippen LogP contribution is -2.00. The SMILES string of the molecule is CCOc1ccc(Cc2nc3c4c5c(sc4ncn3n2)CCCCC5)cc1OCC. The number of nitrogens with zero attached hydrogens (tertiary/aromatic N) is 4. The molecule has 0 spiro atoms. The molecule has 0 aliphatic heterocycles. The molecule has 0 radical (unpaired) electrons. The van der Waals surface area contributed by atoms with Gasteiger partial charge in [-0.05, 0) is 62.8 Å². The van der Waals surface area contributed by atoms with E-state index < -0.39 is 0 Å². The van der Waals surface area contributed by atoms with E-state index in [1.807, 2.05) is 41.8 Å². The third-order valence-corrected chi connectivity index (χ3v) is 6.76. The number of aryl methyl sites for hydroxylation is 2. The van der Waals surface area contributed by atoms with Crippen molar-refractivity contribution in [2.45, 2.75) is 52.4 Å². The zero-order valence-electron chi connectivity index (χ0n) is 17.5. The Morgan fingerprint density at radius 1 is 1.03 bits per heavy atom. The summed E-state index contributed by atoms with van der Waals surface area (Å²) in [6, 6.07) is 6.06. The summed E-state index contributed by atoms with van der Waals surface area (Å²) in [4.78, 5) is 12.2. The van der Waals surface area contributed by atoms with Gasteiger partial charge in [-0.1, -0.05) is 12.5 Å². The second-order valence-corrected chi connectivity index (χ2v) is 8.69. The molecular weight excluding hydrogens is 396 g/mol. The quantitative estimate of drug-likeness (QED) is 0.409. The summed E-state index contributed by atoms with van der Waals surface area (Å²) in [6.45, 7) is 5.17. The van der Waals surface area contributed by atoms with Crippen LogP contribution in [-0.2, 0) is 19.3 Å². The molecule has 30 heavy (non-hydrogen) atoms. The zero-order valence-corrected chi connectivity index (χ0v) is 18.3. The van der Waals surface area contributed by atoms with E-state index in [-0.39, 0.29) is 0 Å². The molecule has 0 amide bonds. The first-order valence-corrected chi connectivity index (χ1v) is 11.6. The van der Waals surface area contributed by atoms with Gasteiger partial charge in [0, 0.05) is 11.3 Å². The number of thiophene rings is 1. The number of rotatable bonds is 6. The van der Waals surface area contributed by atoms with Crippen molar-refractivity contribution in [2.75, 3.05) is 13.2 Å². The van der Waals surface area contributed by atoms with Crippen LogP contribution in [0.2, 0.25) is 0 Å². The summed E-state index contributed by atoms with van der Waals surface area (Å²) < 4.78 is 13.3. The Kier molecular flexibility index (Phi) is 5.29. The molecule has 0 atom stereocenters. The number of ether oxygens (including phenoxy) is 2. The Morgan fingerprint density at radius 2 is 1.87 bits per heavy atom. The highest BCUT2D eigenvalue weighted by Gasteiger charge is 2.20. The summed E-state index contributed by atoms with van der Waals surface area (Å²) in [5.41, 5.74) is 3.49. The fourth-order valence-corrected chi connectivity index (χ4v) is 5.46. The predicted molar refractivity (Wildman–Crippen MR) is 119 cm³/mol. The molecule has 1 aromatic carbocycles. The maximum absolute atomic E-state index is 5.77. The Balaban J connectivity index is 1.52. The minimum absolute atomic E-state index is 0.600. The van der Waals surface area contributed by atoms with Crippen molar-refractivity contribution in [1.29, 1.82) is 0 Å². The highest BCUT2D eigenvalue weighted by molar-refractivity contribution is 7.19. The van der Waals surface area contributed by atoms with Gasteiger partial charge in [0.05, 0.1) is 18.6 Å². The topological polar surface area (TPSA) is 61.5 Å². The van der Waals surface area contributed by atoms with E-state index in [1.165, 1.54) is 35.1 Å². The van der Waals surface area contributed by atoms with Gasteiger partial charge >= 0.3 is 0 Å². The molecule has 0 N–H and O–H groups in total. The molecule has 156 valence electrons. The first-order chi connectivity index (χ1) is 14.8. The summed E-state index contributed by atoms with van der Waals surface area (Å²) >= 11 is 1.83. The van der Waals surface area contributed by atoms with Gasteiger partial charge in [0.15, 0.2) is 23.0 Å². The molecule has 1 aliphatic carbocycles. The number of hydrogen-bond donors (Lipinski definition) is 0. The van der Waals surface area contributed by atoms with Crippen LogP contribution in [0.5, 0.6) is 11.5 Å². The van der Waals surface area contributed by atoms with E-state index in [9.17, 15) is 0 Å². The van der Waals surface area contributed by atoms with Crippen LogP contribution in [0, 0.1) is 0 Å². The van der Waals surface area contributed by atoms with Crippen LogP contribution < -0.4 is 9.47 Å². The highest BCUT2D eigenvalue weighted by atomic mass is 32.1. The van der Waals surface area contributed by atoms with Crippen molar-refractivity contribution < 1.29 is 9.47 Å². The summed E-state index contributed by atoms with van der Waals surface area (Å²) in [7, 11) is 0.